The average Bonchev–Trinajstić information content (AvgIpc) is 2.85. The van der Waals surface area contributed by atoms with Gasteiger partial charge in [0.25, 0.3) is 0 Å². The van der Waals surface area contributed by atoms with Crippen LogP contribution in [-0.2, 0) is 16.1 Å². The Morgan fingerprint density at radius 3 is 3.00 bits per heavy atom. The number of ether oxygens (including phenoxy) is 1. The Balaban J connectivity index is 2.09. The highest BCUT2D eigenvalue weighted by molar-refractivity contribution is 5.71. The second-order valence-electron chi connectivity index (χ2n) is 4.62. The van der Waals surface area contributed by atoms with E-state index in [1.54, 1.807) is 6.20 Å². The minimum Gasteiger partial charge on any atom is -0.481 e. The van der Waals surface area contributed by atoms with Gasteiger partial charge in [-0.25, -0.2) is 4.39 Å². The number of carboxylic acid groups (broad SMARTS) is 1. The summed E-state index contributed by atoms with van der Waals surface area (Å²) in [4.78, 5) is 17.0. The maximum atomic E-state index is 13.1. The van der Waals surface area contributed by atoms with Gasteiger partial charge in [0.1, 0.15) is 5.82 Å². The number of pyridine rings is 1. The van der Waals surface area contributed by atoms with Crippen molar-refractivity contribution in [1.82, 2.24) is 9.88 Å². The lowest BCUT2D eigenvalue weighted by Crippen LogP contribution is -2.42. The Morgan fingerprint density at radius 2 is 2.37 bits per heavy atom. The molecule has 1 aliphatic rings. The largest absolute Gasteiger partial charge is 0.481 e. The number of aromatic nitrogens is 1. The van der Waals surface area contributed by atoms with Crippen molar-refractivity contribution in [3.63, 3.8) is 0 Å². The average molecular weight is 268 g/mol. The van der Waals surface area contributed by atoms with E-state index in [1.165, 1.54) is 6.07 Å². The van der Waals surface area contributed by atoms with Crippen LogP contribution in [0.2, 0.25) is 0 Å². The zero-order valence-electron chi connectivity index (χ0n) is 10.8. The van der Waals surface area contributed by atoms with E-state index in [0.29, 0.717) is 19.7 Å². The number of rotatable bonds is 5. The van der Waals surface area contributed by atoms with Gasteiger partial charge in [0.2, 0.25) is 0 Å². The Labute approximate surface area is 111 Å². The van der Waals surface area contributed by atoms with E-state index in [4.69, 9.17) is 9.84 Å². The number of aliphatic carboxylic acids is 1. The molecule has 2 unspecified atom stereocenters. The first-order chi connectivity index (χ1) is 9.11. The van der Waals surface area contributed by atoms with Crippen LogP contribution in [0.1, 0.15) is 12.5 Å². The molecule has 0 bridgehead atoms. The monoisotopic (exact) mass is 268 g/mol. The molecule has 2 rings (SSSR count). The molecule has 0 radical (unpaired) electrons. The number of carbonyl (C=O) groups is 1. The van der Waals surface area contributed by atoms with E-state index in [2.05, 4.69) is 4.98 Å². The molecule has 5 nitrogen and oxygen atoms in total. The molecule has 1 fully saturated rings. The van der Waals surface area contributed by atoms with Gasteiger partial charge in [0.15, 0.2) is 0 Å². The fourth-order valence-electron chi connectivity index (χ4n) is 2.38. The predicted molar refractivity (Wildman–Crippen MR) is 66.0 cm³/mol. The number of hydrogen-bond donors (Lipinski definition) is 1. The molecule has 0 spiro atoms. The van der Waals surface area contributed by atoms with Gasteiger partial charge >= 0.3 is 5.97 Å². The number of carboxylic acids is 1. The third kappa shape index (κ3) is 3.27. The summed E-state index contributed by atoms with van der Waals surface area (Å²) in [6, 6.07) is 1.24. The fourth-order valence-corrected chi connectivity index (χ4v) is 2.38. The van der Waals surface area contributed by atoms with Gasteiger partial charge in [0, 0.05) is 18.8 Å². The van der Waals surface area contributed by atoms with Crippen molar-refractivity contribution in [3.05, 3.63) is 29.8 Å². The van der Waals surface area contributed by atoms with Crippen molar-refractivity contribution in [2.75, 3.05) is 19.8 Å². The lowest BCUT2D eigenvalue weighted by atomic mass is 10.0. The summed E-state index contributed by atoms with van der Waals surface area (Å²) >= 11 is 0. The van der Waals surface area contributed by atoms with Crippen LogP contribution in [0.3, 0.4) is 0 Å². The second-order valence-corrected chi connectivity index (χ2v) is 4.62. The minimum absolute atomic E-state index is 0.175. The van der Waals surface area contributed by atoms with Crippen LogP contribution in [0.5, 0.6) is 0 Å². The van der Waals surface area contributed by atoms with Crippen LogP contribution in [0.15, 0.2) is 18.5 Å². The van der Waals surface area contributed by atoms with Crippen molar-refractivity contribution < 1.29 is 19.0 Å². The van der Waals surface area contributed by atoms with Crippen molar-refractivity contribution in [3.8, 4) is 0 Å². The molecule has 1 aromatic heterocycles. The highest BCUT2D eigenvalue weighted by atomic mass is 19.1. The molecule has 1 aromatic rings. The van der Waals surface area contributed by atoms with Crippen molar-refractivity contribution in [2.45, 2.75) is 19.5 Å². The Kier molecular flexibility index (Phi) is 4.44. The molecule has 1 N–H and O–H groups in total. The first-order valence-corrected chi connectivity index (χ1v) is 6.25. The zero-order valence-corrected chi connectivity index (χ0v) is 10.8. The highest BCUT2D eigenvalue weighted by Crippen LogP contribution is 2.21. The molecule has 2 atom stereocenters. The molecular formula is C13H17FN2O3. The first-order valence-electron chi connectivity index (χ1n) is 6.25. The molecule has 0 amide bonds. The van der Waals surface area contributed by atoms with E-state index < -0.39 is 11.9 Å². The van der Waals surface area contributed by atoms with Crippen LogP contribution >= 0.6 is 0 Å². The second kappa shape index (κ2) is 6.08. The summed E-state index contributed by atoms with van der Waals surface area (Å²) in [5.74, 6) is -1.76. The van der Waals surface area contributed by atoms with Gasteiger partial charge in [-0.1, -0.05) is 6.92 Å². The van der Waals surface area contributed by atoms with Crippen LogP contribution in [-0.4, -0.2) is 46.8 Å². The summed E-state index contributed by atoms with van der Waals surface area (Å²) in [7, 11) is 0. The standard InChI is InChI=1S/C13H17FN2O3/c1-2-16(6-9-3-10(14)5-15-4-9)12-8-19-7-11(12)13(17)18/h3-5,11-12H,2,6-8H2,1H3,(H,17,18). The molecule has 0 aliphatic carbocycles. The minimum atomic E-state index is -0.849. The van der Waals surface area contributed by atoms with E-state index in [1.807, 2.05) is 11.8 Å². The number of nitrogens with zero attached hydrogens (tertiary/aromatic N) is 2. The summed E-state index contributed by atoms with van der Waals surface area (Å²) in [5.41, 5.74) is 0.734. The van der Waals surface area contributed by atoms with Crippen LogP contribution in [0.25, 0.3) is 0 Å². The lowest BCUT2D eigenvalue weighted by Gasteiger charge is -2.29. The topological polar surface area (TPSA) is 62.7 Å². The van der Waals surface area contributed by atoms with Crippen molar-refractivity contribution in [1.29, 1.82) is 0 Å². The maximum absolute atomic E-state index is 13.1. The molecule has 1 saturated heterocycles. The van der Waals surface area contributed by atoms with Crippen molar-refractivity contribution >= 4 is 5.97 Å². The van der Waals surface area contributed by atoms with E-state index in [0.717, 1.165) is 11.8 Å². The highest BCUT2D eigenvalue weighted by Gasteiger charge is 2.37. The lowest BCUT2D eigenvalue weighted by molar-refractivity contribution is -0.143. The quantitative estimate of drug-likeness (QED) is 0.867. The molecule has 0 saturated carbocycles. The molecule has 1 aliphatic heterocycles. The predicted octanol–water partition coefficient (Wildman–Crippen LogP) is 1.14. The van der Waals surface area contributed by atoms with E-state index in [-0.39, 0.29) is 18.5 Å². The third-order valence-electron chi connectivity index (χ3n) is 3.39. The molecular weight excluding hydrogens is 251 g/mol. The number of hydrogen-bond acceptors (Lipinski definition) is 4. The maximum Gasteiger partial charge on any atom is 0.310 e. The van der Waals surface area contributed by atoms with E-state index >= 15 is 0 Å². The molecule has 2 heterocycles. The van der Waals surface area contributed by atoms with Gasteiger partial charge < -0.3 is 9.84 Å². The van der Waals surface area contributed by atoms with Crippen LogP contribution < -0.4 is 0 Å². The summed E-state index contributed by atoms with van der Waals surface area (Å²) in [5, 5.41) is 9.16. The first kappa shape index (κ1) is 13.9. The molecule has 104 valence electrons. The van der Waals surface area contributed by atoms with Gasteiger partial charge in [0.05, 0.1) is 25.3 Å². The third-order valence-corrected chi connectivity index (χ3v) is 3.39. The molecule has 0 aromatic carbocycles. The smallest absolute Gasteiger partial charge is 0.310 e. The molecule has 6 heteroatoms. The summed E-state index contributed by atoms with van der Waals surface area (Å²) in [6.45, 7) is 3.72. The molecule has 19 heavy (non-hydrogen) atoms. The summed E-state index contributed by atoms with van der Waals surface area (Å²) in [6.07, 6.45) is 2.75. The Morgan fingerprint density at radius 1 is 1.58 bits per heavy atom. The van der Waals surface area contributed by atoms with Crippen molar-refractivity contribution in [2.24, 2.45) is 5.92 Å². The number of likely N-dealkylation sites (N-methyl/N-ethyl adjacent to an activating group) is 1. The Bertz CT molecular complexity index is 455. The van der Waals surface area contributed by atoms with Crippen LogP contribution in [0.4, 0.5) is 4.39 Å². The van der Waals surface area contributed by atoms with Crippen LogP contribution in [0, 0.1) is 11.7 Å². The van der Waals surface area contributed by atoms with Gasteiger partial charge in [-0.05, 0) is 18.2 Å². The van der Waals surface area contributed by atoms with Gasteiger partial charge in [-0.15, -0.1) is 0 Å². The zero-order chi connectivity index (χ0) is 13.8. The number of halogens is 1. The van der Waals surface area contributed by atoms with E-state index in [9.17, 15) is 9.18 Å². The Hall–Kier alpha value is -1.53. The van der Waals surface area contributed by atoms with Gasteiger partial charge in [-0.3, -0.25) is 14.7 Å². The normalized spacial score (nSPS) is 22.9. The fraction of sp³-hybridized carbons (Fsp3) is 0.538. The van der Waals surface area contributed by atoms with Gasteiger partial charge in [-0.2, -0.15) is 0 Å². The summed E-state index contributed by atoms with van der Waals surface area (Å²) < 4.78 is 18.4. The SMILES string of the molecule is CCN(Cc1cncc(F)c1)C1COCC1C(=O)O.